The summed E-state index contributed by atoms with van der Waals surface area (Å²) in [5, 5.41) is 3.27. The van der Waals surface area contributed by atoms with Gasteiger partial charge in [0.1, 0.15) is 0 Å². The molecule has 0 aliphatic heterocycles. The van der Waals surface area contributed by atoms with E-state index in [0.29, 0.717) is 10.7 Å². The Hall–Kier alpha value is -1.44. The molecule has 0 radical (unpaired) electrons. The second-order valence-electron chi connectivity index (χ2n) is 4.05. The maximum Gasteiger partial charge on any atom is 0.269 e. The van der Waals surface area contributed by atoms with Crippen molar-refractivity contribution in [3.05, 3.63) is 63.0 Å². The van der Waals surface area contributed by atoms with Crippen molar-refractivity contribution in [1.82, 2.24) is 10.9 Å². The minimum Gasteiger partial charge on any atom is -0.331 e. The van der Waals surface area contributed by atoms with Gasteiger partial charge in [0.25, 0.3) is 5.91 Å². The molecule has 2 aromatic rings. The smallest absolute Gasteiger partial charge is 0.269 e. The normalized spacial score (nSPS) is 9.81. The number of benzene rings is 2. The Morgan fingerprint density at radius 3 is 1.95 bits per heavy atom. The van der Waals surface area contributed by atoms with Crippen LogP contribution >= 0.6 is 44.1 Å². The molecule has 0 spiro atoms. The van der Waals surface area contributed by atoms with E-state index in [1.54, 1.807) is 24.3 Å². The van der Waals surface area contributed by atoms with Crippen LogP contribution in [0.1, 0.15) is 10.4 Å². The zero-order chi connectivity index (χ0) is 15.2. The highest BCUT2D eigenvalue weighted by Gasteiger charge is 2.05. The zero-order valence-electron chi connectivity index (χ0n) is 10.7. The van der Waals surface area contributed by atoms with Gasteiger partial charge in [-0.2, -0.15) is 0 Å². The predicted molar refractivity (Wildman–Crippen MR) is 95.1 cm³/mol. The lowest BCUT2D eigenvalue weighted by Crippen LogP contribution is -2.43. The fourth-order valence-electron chi connectivity index (χ4n) is 1.48. The van der Waals surface area contributed by atoms with Gasteiger partial charge in [0.15, 0.2) is 5.11 Å². The third-order valence-electron chi connectivity index (χ3n) is 2.50. The number of hydrogen-bond acceptors (Lipinski definition) is 2. The van der Waals surface area contributed by atoms with Crippen molar-refractivity contribution in [3.8, 4) is 0 Å². The van der Waals surface area contributed by atoms with Gasteiger partial charge in [0.2, 0.25) is 0 Å². The van der Waals surface area contributed by atoms with Crippen LogP contribution in [0.4, 0.5) is 5.69 Å². The molecule has 0 saturated heterocycles. The number of anilines is 1. The Labute approximate surface area is 144 Å². The van der Waals surface area contributed by atoms with E-state index >= 15 is 0 Å². The highest BCUT2D eigenvalue weighted by atomic mass is 79.9. The van der Waals surface area contributed by atoms with Crippen molar-refractivity contribution in [1.29, 1.82) is 0 Å². The summed E-state index contributed by atoms with van der Waals surface area (Å²) in [7, 11) is 0. The standard InChI is InChI=1S/C14H11Br2N3OS/c15-10-3-1-9(2-4-10)13(20)18-19-14(21)17-12-7-5-11(16)6-8-12/h1-8H,(H,18,20)(H2,17,19,21). The van der Waals surface area contributed by atoms with E-state index in [1.807, 2.05) is 24.3 Å². The summed E-state index contributed by atoms with van der Waals surface area (Å²) in [4.78, 5) is 11.9. The first-order valence-corrected chi connectivity index (χ1v) is 7.92. The molecule has 0 heterocycles. The lowest BCUT2D eigenvalue weighted by atomic mass is 10.2. The molecule has 0 unspecified atom stereocenters. The molecule has 2 aromatic carbocycles. The number of carbonyl (C=O) groups excluding carboxylic acids is 1. The molecule has 21 heavy (non-hydrogen) atoms. The molecular weight excluding hydrogens is 418 g/mol. The van der Waals surface area contributed by atoms with Crippen molar-refractivity contribution >= 4 is 60.8 Å². The van der Waals surface area contributed by atoms with E-state index in [4.69, 9.17) is 12.2 Å². The summed E-state index contributed by atoms with van der Waals surface area (Å²) < 4.78 is 1.90. The maximum atomic E-state index is 11.9. The van der Waals surface area contributed by atoms with Crippen LogP contribution in [0.3, 0.4) is 0 Å². The summed E-state index contributed by atoms with van der Waals surface area (Å²) in [6.45, 7) is 0. The minimum absolute atomic E-state index is 0.262. The summed E-state index contributed by atoms with van der Waals surface area (Å²) in [6.07, 6.45) is 0. The number of nitrogens with one attached hydrogen (secondary N) is 3. The van der Waals surface area contributed by atoms with E-state index in [-0.39, 0.29) is 5.91 Å². The molecule has 108 valence electrons. The number of rotatable bonds is 2. The molecular formula is C14H11Br2N3OS. The van der Waals surface area contributed by atoms with Crippen LogP contribution in [-0.2, 0) is 0 Å². The molecule has 0 saturated carbocycles. The van der Waals surface area contributed by atoms with Gasteiger partial charge in [-0.3, -0.25) is 15.6 Å². The van der Waals surface area contributed by atoms with Gasteiger partial charge in [-0.05, 0) is 60.7 Å². The monoisotopic (exact) mass is 427 g/mol. The van der Waals surface area contributed by atoms with Crippen molar-refractivity contribution in [2.24, 2.45) is 0 Å². The van der Waals surface area contributed by atoms with Crippen LogP contribution in [0.2, 0.25) is 0 Å². The third-order valence-corrected chi connectivity index (χ3v) is 3.76. The van der Waals surface area contributed by atoms with Gasteiger partial charge in [-0.25, -0.2) is 0 Å². The van der Waals surface area contributed by atoms with Gasteiger partial charge < -0.3 is 5.32 Å². The number of hydrazine groups is 1. The van der Waals surface area contributed by atoms with Gasteiger partial charge in [0, 0.05) is 20.2 Å². The molecule has 7 heteroatoms. The highest BCUT2D eigenvalue weighted by Crippen LogP contribution is 2.14. The lowest BCUT2D eigenvalue weighted by Gasteiger charge is -2.11. The molecule has 3 N–H and O–H groups in total. The van der Waals surface area contributed by atoms with Crippen molar-refractivity contribution in [2.75, 3.05) is 5.32 Å². The van der Waals surface area contributed by atoms with Crippen LogP contribution in [-0.4, -0.2) is 11.0 Å². The van der Waals surface area contributed by atoms with Gasteiger partial charge in [-0.15, -0.1) is 0 Å². The Kier molecular flexibility index (Phi) is 5.72. The van der Waals surface area contributed by atoms with E-state index in [2.05, 4.69) is 48.0 Å². The van der Waals surface area contributed by atoms with Crippen LogP contribution in [0.5, 0.6) is 0 Å². The van der Waals surface area contributed by atoms with Gasteiger partial charge in [0.05, 0.1) is 0 Å². The molecule has 0 aliphatic rings. The third kappa shape index (κ3) is 5.11. The number of amides is 1. The maximum absolute atomic E-state index is 11.9. The van der Waals surface area contributed by atoms with E-state index in [9.17, 15) is 4.79 Å². The first-order chi connectivity index (χ1) is 10.0. The minimum atomic E-state index is -0.262. The fourth-order valence-corrected chi connectivity index (χ4v) is 2.18. The molecule has 2 rings (SSSR count). The largest absolute Gasteiger partial charge is 0.331 e. The summed E-state index contributed by atoms with van der Waals surface area (Å²) >= 11 is 11.8. The molecule has 0 bridgehead atoms. The molecule has 1 amide bonds. The number of carbonyl (C=O) groups is 1. The molecule has 0 aliphatic carbocycles. The van der Waals surface area contributed by atoms with Crippen LogP contribution in [0.15, 0.2) is 57.5 Å². The Bertz CT molecular complexity index is 644. The first kappa shape index (κ1) is 15.9. The number of hydrogen-bond donors (Lipinski definition) is 3. The van der Waals surface area contributed by atoms with Crippen molar-refractivity contribution in [2.45, 2.75) is 0 Å². The van der Waals surface area contributed by atoms with Crippen LogP contribution < -0.4 is 16.2 Å². The quantitative estimate of drug-likeness (QED) is 0.502. The van der Waals surface area contributed by atoms with Crippen LogP contribution in [0.25, 0.3) is 0 Å². The number of halogens is 2. The Balaban J connectivity index is 1.84. The summed E-state index contributed by atoms with van der Waals surface area (Å²) in [6, 6.07) is 14.6. The van der Waals surface area contributed by atoms with Crippen LogP contribution in [0, 0.1) is 0 Å². The fraction of sp³-hybridized carbons (Fsp3) is 0. The average molecular weight is 429 g/mol. The molecule has 4 nitrogen and oxygen atoms in total. The SMILES string of the molecule is O=C(NNC(=S)Nc1ccc(Br)cc1)c1ccc(Br)cc1. The zero-order valence-corrected chi connectivity index (χ0v) is 14.7. The van der Waals surface area contributed by atoms with Gasteiger partial charge >= 0.3 is 0 Å². The molecule has 0 fully saturated rings. The van der Waals surface area contributed by atoms with Gasteiger partial charge in [-0.1, -0.05) is 31.9 Å². The predicted octanol–water partition coefficient (Wildman–Crippen LogP) is 3.84. The van der Waals surface area contributed by atoms with Crippen molar-refractivity contribution in [3.63, 3.8) is 0 Å². The highest BCUT2D eigenvalue weighted by molar-refractivity contribution is 9.10. The summed E-state index contributed by atoms with van der Waals surface area (Å²) in [5.41, 5.74) is 6.55. The molecule has 0 atom stereocenters. The second kappa shape index (κ2) is 7.53. The Morgan fingerprint density at radius 2 is 1.38 bits per heavy atom. The van der Waals surface area contributed by atoms with E-state index < -0.39 is 0 Å². The topological polar surface area (TPSA) is 53.2 Å². The van der Waals surface area contributed by atoms with Crippen molar-refractivity contribution < 1.29 is 4.79 Å². The lowest BCUT2D eigenvalue weighted by molar-refractivity contribution is 0.0944. The second-order valence-corrected chi connectivity index (χ2v) is 6.29. The number of thiocarbonyl (C=S) groups is 1. The summed E-state index contributed by atoms with van der Waals surface area (Å²) in [5.74, 6) is -0.262. The van der Waals surface area contributed by atoms with E-state index in [1.165, 1.54) is 0 Å². The molecule has 0 aromatic heterocycles. The average Bonchev–Trinajstić information content (AvgIpc) is 2.48. The Morgan fingerprint density at radius 1 is 0.857 bits per heavy atom. The first-order valence-electron chi connectivity index (χ1n) is 5.93. The van der Waals surface area contributed by atoms with E-state index in [0.717, 1.165) is 14.6 Å².